The van der Waals surface area contributed by atoms with Crippen molar-refractivity contribution in [1.29, 1.82) is 0 Å². The van der Waals surface area contributed by atoms with Crippen LogP contribution in [0.15, 0.2) is 16.9 Å². The van der Waals surface area contributed by atoms with Gasteiger partial charge in [0, 0.05) is 38.3 Å². The summed E-state index contributed by atoms with van der Waals surface area (Å²) in [5.74, 6) is -0.961. The average Bonchev–Trinajstić information content (AvgIpc) is 2.85. The molecule has 27 heavy (non-hydrogen) atoms. The first-order valence-electron chi connectivity index (χ1n) is 9.83. The molecule has 1 N–H and O–H groups in total. The number of benzene rings is 1. The van der Waals surface area contributed by atoms with Gasteiger partial charge in [-0.2, -0.15) is 0 Å². The Morgan fingerprint density at radius 2 is 2.07 bits per heavy atom. The Morgan fingerprint density at radius 3 is 2.78 bits per heavy atom. The van der Waals surface area contributed by atoms with E-state index in [0.29, 0.717) is 18.4 Å². The molecule has 1 fully saturated rings. The topological polar surface area (TPSA) is 50.2 Å². The van der Waals surface area contributed by atoms with Crippen molar-refractivity contribution >= 4 is 10.9 Å². The zero-order valence-electron chi connectivity index (χ0n) is 16.3. The van der Waals surface area contributed by atoms with Gasteiger partial charge >= 0.3 is 0 Å². The number of hydrogen-bond donors (Lipinski definition) is 1. The third-order valence-electron chi connectivity index (χ3n) is 5.36. The second-order valence-corrected chi connectivity index (χ2v) is 7.29. The number of aromatic nitrogens is 2. The van der Waals surface area contributed by atoms with E-state index in [9.17, 15) is 13.6 Å². The number of nitrogens with zero attached hydrogens (tertiary/aromatic N) is 3. The maximum Gasteiger partial charge on any atom is 0.261 e. The van der Waals surface area contributed by atoms with E-state index in [0.717, 1.165) is 51.0 Å². The van der Waals surface area contributed by atoms with Crippen molar-refractivity contribution in [2.75, 3.05) is 19.6 Å². The minimum Gasteiger partial charge on any atom is -0.313 e. The molecule has 0 radical (unpaired) electrons. The number of nitrogens with one attached hydrogen (secondary N) is 1. The molecule has 1 aliphatic heterocycles. The minimum atomic E-state index is -0.784. The van der Waals surface area contributed by atoms with Gasteiger partial charge in [0.1, 0.15) is 17.2 Å². The van der Waals surface area contributed by atoms with Crippen LogP contribution in [0.25, 0.3) is 10.9 Å². The molecular weight excluding hydrogens is 350 g/mol. The number of halogens is 2. The molecule has 0 spiro atoms. The van der Waals surface area contributed by atoms with Crippen molar-refractivity contribution in [3.05, 3.63) is 39.9 Å². The van der Waals surface area contributed by atoms with E-state index in [1.807, 2.05) is 6.92 Å². The van der Waals surface area contributed by atoms with Gasteiger partial charge in [0.25, 0.3) is 5.56 Å². The highest BCUT2D eigenvalue weighted by Crippen LogP contribution is 2.27. The summed E-state index contributed by atoms with van der Waals surface area (Å²) >= 11 is 0. The summed E-state index contributed by atoms with van der Waals surface area (Å²) < 4.78 is 29.6. The Kier molecular flexibility index (Phi) is 6.22. The molecule has 0 unspecified atom stereocenters. The van der Waals surface area contributed by atoms with E-state index in [4.69, 9.17) is 0 Å². The van der Waals surface area contributed by atoms with Crippen molar-refractivity contribution in [1.82, 2.24) is 19.8 Å². The lowest BCUT2D eigenvalue weighted by molar-refractivity contribution is 0.184. The largest absolute Gasteiger partial charge is 0.313 e. The normalized spacial score (nSPS) is 20.0. The van der Waals surface area contributed by atoms with Gasteiger partial charge in [0.2, 0.25) is 0 Å². The molecule has 1 saturated heterocycles. The van der Waals surface area contributed by atoms with E-state index in [2.05, 4.69) is 29.0 Å². The predicted molar refractivity (Wildman–Crippen MR) is 103 cm³/mol. The highest BCUT2D eigenvalue weighted by atomic mass is 19.1. The zero-order chi connectivity index (χ0) is 19.6. The van der Waals surface area contributed by atoms with Crippen LogP contribution in [0, 0.1) is 11.6 Å². The van der Waals surface area contributed by atoms with Crippen molar-refractivity contribution in [2.24, 2.45) is 0 Å². The molecule has 2 aromatic rings. The molecular formula is C20H28F2N4O. The van der Waals surface area contributed by atoms with Crippen LogP contribution in [0.1, 0.15) is 51.9 Å². The molecule has 5 nitrogen and oxygen atoms in total. The molecule has 7 heteroatoms. The van der Waals surface area contributed by atoms with Crippen LogP contribution in [0.4, 0.5) is 8.78 Å². The van der Waals surface area contributed by atoms with Crippen LogP contribution in [0.3, 0.4) is 0 Å². The van der Waals surface area contributed by atoms with Crippen molar-refractivity contribution < 1.29 is 8.78 Å². The van der Waals surface area contributed by atoms with Gasteiger partial charge < -0.3 is 5.32 Å². The molecule has 2 heterocycles. The average molecular weight is 378 g/mol. The fourth-order valence-corrected chi connectivity index (χ4v) is 3.91. The molecule has 0 aliphatic carbocycles. The number of hydrogen-bond acceptors (Lipinski definition) is 4. The number of fused-ring (bicyclic) bond motifs is 1. The van der Waals surface area contributed by atoms with E-state index in [-0.39, 0.29) is 22.5 Å². The van der Waals surface area contributed by atoms with Crippen LogP contribution in [0.2, 0.25) is 0 Å². The minimum absolute atomic E-state index is 0.000459. The Balaban J connectivity index is 2.15. The van der Waals surface area contributed by atoms with Gasteiger partial charge in [0.15, 0.2) is 5.82 Å². The lowest BCUT2D eigenvalue weighted by Crippen LogP contribution is -2.37. The van der Waals surface area contributed by atoms with Crippen LogP contribution >= 0.6 is 0 Å². The SMILES string of the molecule is CCC[C@H](c1nc2c(F)cc(F)cc2c(=O)n1CC)N1CCN[C@H](C)CC1. The smallest absolute Gasteiger partial charge is 0.261 e. The standard InChI is InChI=1S/C20H28F2N4O/c1-4-6-17(25-9-7-13(3)23-8-10-25)19-24-18-15(20(27)26(19)5-2)11-14(21)12-16(18)22/h11-13,17,23H,4-10H2,1-3H3/t13-,17-/m1/s1. The van der Waals surface area contributed by atoms with E-state index >= 15 is 0 Å². The zero-order valence-corrected chi connectivity index (χ0v) is 16.3. The molecule has 1 aromatic carbocycles. The molecule has 1 aliphatic rings. The van der Waals surface area contributed by atoms with Gasteiger partial charge in [-0.1, -0.05) is 13.3 Å². The van der Waals surface area contributed by atoms with Gasteiger partial charge in [-0.3, -0.25) is 14.3 Å². The summed E-state index contributed by atoms with van der Waals surface area (Å²) in [7, 11) is 0. The van der Waals surface area contributed by atoms with Crippen LogP contribution in [-0.4, -0.2) is 40.1 Å². The maximum atomic E-state index is 14.4. The highest BCUT2D eigenvalue weighted by molar-refractivity contribution is 5.78. The second-order valence-electron chi connectivity index (χ2n) is 7.29. The summed E-state index contributed by atoms with van der Waals surface area (Å²) in [4.78, 5) is 19.8. The first-order chi connectivity index (χ1) is 13.0. The Morgan fingerprint density at radius 1 is 1.30 bits per heavy atom. The lowest BCUT2D eigenvalue weighted by atomic mass is 10.1. The molecule has 0 saturated carbocycles. The third kappa shape index (κ3) is 4.04. The maximum absolute atomic E-state index is 14.4. The molecule has 0 amide bonds. The van der Waals surface area contributed by atoms with Crippen molar-refractivity contribution in [3.63, 3.8) is 0 Å². The molecule has 2 atom stereocenters. The summed E-state index contributed by atoms with van der Waals surface area (Å²) in [5, 5.41) is 3.48. The highest BCUT2D eigenvalue weighted by Gasteiger charge is 2.27. The first-order valence-corrected chi connectivity index (χ1v) is 9.83. The molecule has 0 bridgehead atoms. The van der Waals surface area contributed by atoms with Crippen molar-refractivity contribution in [2.45, 2.75) is 58.7 Å². The second kappa shape index (κ2) is 8.44. The fourth-order valence-electron chi connectivity index (χ4n) is 3.91. The first kappa shape index (κ1) is 19.9. The summed E-state index contributed by atoms with van der Waals surface area (Å²) in [5.41, 5.74) is -0.415. The Hall–Kier alpha value is -1.86. The van der Waals surface area contributed by atoms with Gasteiger partial charge in [-0.25, -0.2) is 13.8 Å². The predicted octanol–water partition coefficient (Wildman–Crippen LogP) is 3.22. The molecule has 3 rings (SSSR count). The summed E-state index contributed by atoms with van der Waals surface area (Å²) in [6.45, 7) is 9.14. The summed E-state index contributed by atoms with van der Waals surface area (Å²) in [6, 6.07) is 2.25. The fraction of sp³-hybridized carbons (Fsp3) is 0.600. The third-order valence-corrected chi connectivity index (χ3v) is 5.36. The van der Waals surface area contributed by atoms with Crippen molar-refractivity contribution in [3.8, 4) is 0 Å². The van der Waals surface area contributed by atoms with Crippen LogP contribution < -0.4 is 10.9 Å². The van der Waals surface area contributed by atoms with Crippen LogP contribution in [0.5, 0.6) is 0 Å². The Labute approximate surface area is 158 Å². The van der Waals surface area contributed by atoms with Gasteiger partial charge in [-0.05, 0) is 32.8 Å². The Bertz CT molecular complexity index is 867. The summed E-state index contributed by atoms with van der Waals surface area (Å²) in [6.07, 6.45) is 2.76. The monoisotopic (exact) mass is 378 g/mol. The van der Waals surface area contributed by atoms with E-state index in [1.54, 1.807) is 4.57 Å². The van der Waals surface area contributed by atoms with E-state index < -0.39 is 11.6 Å². The molecule has 1 aromatic heterocycles. The quantitative estimate of drug-likeness (QED) is 0.868. The van der Waals surface area contributed by atoms with Gasteiger partial charge in [0.05, 0.1) is 11.4 Å². The van der Waals surface area contributed by atoms with Crippen LogP contribution in [-0.2, 0) is 6.54 Å². The molecule has 148 valence electrons. The van der Waals surface area contributed by atoms with E-state index in [1.165, 1.54) is 0 Å². The lowest BCUT2D eigenvalue weighted by Gasteiger charge is -2.31. The number of rotatable bonds is 5. The van der Waals surface area contributed by atoms with Gasteiger partial charge in [-0.15, -0.1) is 0 Å².